The molecule has 1 aliphatic rings. The first-order valence-electron chi connectivity index (χ1n) is 17.6. The van der Waals surface area contributed by atoms with Gasteiger partial charge >= 0.3 is 6.18 Å². The van der Waals surface area contributed by atoms with Gasteiger partial charge in [-0.15, -0.1) is 0 Å². The zero-order chi connectivity index (χ0) is 37.8. The summed E-state index contributed by atoms with van der Waals surface area (Å²) in [6, 6.07) is 31.2. The van der Waals surface area contributed by atoms with E-state index in [9.17, 15) is 27.9 Å². The van der Waals surface area contributed by atoms with Crippen LogP contribution in [0.25, 0.3) is 0 Å². The third-order valence-corrected chi connectivity index (χ3v) is 11.1. The van der Waals surface area contributed by atoms with Gasteiger partial charge in [0.15, 0.2) is 5.78 Å². The van der Waals surface area contributed by atoms with Crippen LogP contribution >= 0.6 is 0 Å². The maximum atomic E-state index is 14.2. The summed E-state index contributed by atoms with van der Waals surface area (Å²) in [5.74, 6) is -1.49. The second-order valence-electron chi connectivity index (χ2n) is 14.6. The number of nitrogens with one attached hydrogen (secondary N) is 1. The number of halogens is 3. The van der Waals surface area contributed by atoms with Gasteiger partial charge in [0.05, 0.1) is 28.3 Å². The number of rotatable bonds is 13. The molecule has 53 heavy (non-hydrogen) atoms. The molecule has 0 atom stereocenters. The molecule has 6 rings (SSSR count). The predicted octanol–water partition coefficient (Wildman–Crippen LogP) is 9.84. The summed E-state index contributed by atoms with van der Waals surface area (Å²) in [6.07, 6.45) is -1.30. The Hall–Kier alpha value is -5.10. The number of aliphatic imine (C=N–C) groups is 1. The molecule has 0 radical (unpaired) electrons. The summed E-state index contributed by atoms with van der Waals surface area (Å²) < 4.78 is 49.0. The maximum absolute atomic E-state index is 14.2. The number of hydrogen-bond donors (Lipinski definition) is 2. The van der Waals surface area contributed by atoms with Crippen molar-refractivity contribution >= 4 is 36.9 Å². The van der Waals surface area contributed by atoms with Crippen LogP contribution in [0.15, 0.2) is 120 Å². The van der Waals surface area contributed by atoms with Crippen molar-refractivity contribution in [3.63, 3.8) is 0 Å². The highest BCUT2D eigenvalue weighted by Gasteiger charge is 2.37. The number of benzene rings is 4. The van der Waals surface area contributed by atoms with E-state index in [2.05, 4.69) is 25.0 Å². The minimum Gasteiger partial charge on any atom is -0.385 e. The van der Waals surface area contributed by atoms with E-state index in [1.165, 1.54) is 29.0 Å². The van der Waals surface area contributed by atoms with Crippen LogP contribution < -0.4 is 5.32 Å². The maximum Gasteiger partial charge on any atom is 0.417 e. The van der Waals surface area contributed by atoms with E-state index in [1.807, 2.05) is 60.7 Å². The number of aromatic nitrogens is 1. The van der Waals surface area contributed by atoms with E-state index < -0.39 is 42.7 Å². The molecule has 1 amide bonds. The van der Waals surface area contributed by atoms with Gasteiger partial charge in [-0.1, -0.05) is 105 Å². The van der Waals surface area contributed by atoms with Crippen LogP contribution in [-0.4, -0.2) is 41.8 Å². The molecule has 1 aromatic heterocycles. The van der Waals surface area contributed by atoms with Gasteiger partial charge < -0.3 is 19.7 Å². The molecule has 274 valence electrons. The van der Waals surface area contributed by atoms with Crippen molar-refractivity contribution < 1.29 is 32.6 Å². The third kappa shape index (κ3) is 8.93. The normalized spacial score (nSPS) is 13.9. The molecule has 1 heterocycles. The molecule has 7 nitrogen and oxygen atoms in total. The number of alkyl halides is 3. The van der Waals surface area contributed by atoms with Gasteiger partial charge in [0.2, 0.25) is 0 Å². The molecule has 1 aliphatic carbocycles. The van der Waals surface area contributed by atoms with Crippen molar-refractivity contribution in [3.05, 3.63) is 154 Å². The monoisotopic (exact) mass is 737 g/mol. The second-order valence-corrected chi connectivity index (χ2v) is 20.2. The lowest BCUT2D eigenvalue weighted by Crippen LogP contribution is -2.33. The molecular formula is C42H42F3N3O4Si. The van der Waals surface area contributed by atoms with Crippen molar-refractivity contribution in [2.75, 3.05) is 11.9 Å². The van der Waals surface area contributed by atoms with Crippen molar-refractivity contribution in [1.29, 1.82) is 0 Å². The van der Waals surface area contributed by atoms with Crippen LogP contribution in [0.3, 0.4) is 0 Å². The first-order valence-corrected chi connectivity index (χ1v) is 21.3. The van der Waals surface area contributed by atoms with Gasteiger partial charge in [0.1, 0.15) is 12.4 Å². The molecule has 1 saturated carbocycles. The number of ether oxygens (including phenoxy) is 1. The average molecular weight is 738 g/mol. The number of carbonyl (C=O) groups is 2. The molecule has 2 N–H and O–H groups in total. The van der Waals surface area contributed by atoms with E-state index in [0.717, 1.165) is 35.7 Å². The van der Waals surface area contributed by atoms with Gasteiger partial charge in [0.25, 0.3) is 5.91 Å². The fourth-order valence-electron chi connectivity index (χ4n) is 6.17. The smallest absolute Gasteiger partial charge is 0.385 e. The van der Waals surface area contributed by atoms with Crippen LogP contribution in [0.1, 0.15) is 67.9 Å². The number of hydrogen-bond acceptors (Lipinski definition) is 5. The lowest BCUT2D eigenvalue weighted by atomic mass is 9.75. The van der Waals surface area contributed by atoms with E-state index in [1.54, 1.807) is 18.2 Å². The summed E-state index contributed by atoms with van der Waals surface area (Å²) in [6.45, 7) is 6.94. The Bertz CT molecular complexity index is 2080. The van der Waals surface area contributed by atoms with Crippen LogP contribution in [0, 0.1) is 0 Å². The molecule has 0 spiro atoms. The molecule has 0 aliphatic heterocycles. The minimum atomic E-state index is -4.75. The number of anilines is 1. The topological polar surface area (TPSA) is 92.9 Å². The van der Waals surface area contributed by atoms with Gasteiger partial charge in [-0.05, 0) is 55.1 Å². The Morgan fingerprint density at radius 1 is 0.868 bits per heavy atom. The standard InChI is InChI=1S/C42H42F3N3O4Si/c1-53(2,3)24-23-52-28-48-27-31(39(49)33-17-10-11-18-34(33)42(43,44)45)25-37(48)40(50)47-35-20-19-32(41(51)21-12-22-41)26-36(35)46-38(29-13-6-4-7-14-29)30-15-8-5-9-16-30/h4-11,13-20,25-27,51H,12,21-24,28H2,1-3H3,(H,47,50). The van der Waals surface area contributed by atoms with Gasteiger partial charge in [0, 0.05) is 43.1 Å². The van der Waals surface area contributed by atoms with E-state index in [-0.39, 0.29) is 18.0 Å². The molecule has 0 saturated heterocycles. The lowest BCUT2D eigenvalue weighted by Gasteiger charge is -2.37. The minimum absolute atomic E-state index is 0.0220. The zero-order valence-electron chi connectivity index (χ0n) is 29.9. The summed E-state index contributed by atoms with van der Waals surface area (Å²) in [5.41, 5.74) is 1.11. The van der Waals surface area contributed by atoms with Crippen molar-refractivity contribution in [3.8, 4) is 0 Å². The highest BCUT2D eigenvalue weighted by molar-refractivity contribution is 6.76. The summed E-state index contributed by atoms with van der Waals surface area (Å²) in [4.78, 5) is 32.9. The summed E-state index contributed by atoms with van der Waals surface area (Å²) >= 11 is 0. The van der Waals surface area contributed by atoms with Crippen molar-refractivity contribution in [2.24, 2.45) is 4.99 Å². The molecule has 0 unspecified atom stereocenters. The highest BCUT2D eigenvalue weighted by atomic mass is 28.3. The van der Waals surface area contributed by atoms with Crippen molar-refractivity contribution in [2.45, 2.75) is 63.5 Å². The van der Waals surface area contributed by atoms with Crippen LogP contribution in [0.5, 0.6) is 0 Å². The zero-order valence-corrected chi connectivity index (χ0v) is 30.9. The molecular weight excluding hydrogens is 696 g/mol. The van der Waals surface area contributed by atoms with Crippen LogP contribution in [0.2, 0.25) is 25.7 Å². The molecule has 0 bridgehead atoms. The number of carbonyl (C=O) groups excluding carboxylic acids is 2. The predicted molar refractivity (Wildman–Crippen MR) is 204 cm³/mol. The third-order valence-electron chi connectivity index (χ3n) is 9.39. The summed E-state index contributed by atoms with van der Waals surface area (Å²) in [7, 11) is -1.45. The van der Waals surface area contributed by atoms with Crippen LogP contribution in [-0.2, 0) is 23.2 Å². The summed E-state index contributed by atoms with van der Waals surface area (Å²) in [5, 5.41) is 14.2. The molecule has 4 aromatic carbocycles. The Balaban J connectivity index is 1.40. The Labute approximate surface area is 308 Å². The first-order chi connectivity index (χ1) is 25.2. The first kappa shape index (κ1) is 37.6. The highest BCUT2D eigenvalue weighted by Crippen LogP contribution is 2.43. The van der Waals surface area contributed by atoms with Gasteiger partial charge in [-0.3, -0.25) is 9.59 Å². The van der Waals surface area contributed by atoms with Crippen molar-refractivity contribution in [1.82, 2.24) is 4.57 Å². The van der Waals surface area contributed by atoms with Gasteiger partial charge in [-0.2, -0.15) is 13.2 Å². The van der Waals surface area contributed by atoms with E-state index >= 15 is 0 Å². The number of ketones is 1. The Kier molecular flexibility index (Phi) is 11.0. The van der Waals surface area contributed by atoms with Gasteiger partial charge in [-0.25, -0.2) is 4.99 Å². The average Bonchev–Trinajstić information content (AvgIpc) is 3.56. The second kappa shape index (κ2) is 15.5. The fourth-order valence-corrected chi connectivity index (χ4v) is 6.93. The van der Waals surface area contributed by atoms with Crippen LogP contribution in [0.4, 0.5) is 24.5 Å². The Morgan fingerprint density at radius 2 is 1.49 bits per heavy atom. The molecule has 11 heteroatoms. The molecule has 5 aromatic rings. The Morgan fingerprint density at radius 3 is 2.08 bits per heavy atom. The lowest BCUT2D eigenvalue weighted by molar-refractivity contribution is -0.137. The van der Waals surface area contributed by atoms with E-state index in [0.29, 0.717) is 42.1 Å². The quantitative estimate of drug-likeness (QED) is 0.0545. The SMILES string of the molecule is C[Si](C)(C)CCOCn1cc(C(=O)c2ccccc2C(F)(F)F)cc1C(=O)Nc1ccc(C2(O)CCC2)cc1N=C(c1ccccc1)c1ccccc1. The van der Waals surface area contributed by atoms with E-state index in [4.69, 9.17) is 9.73 Å². The number of aliphatic hydroxyl groups is 1. The number of nitrogens with zero attached hydrogens (tertiary/aromatic N) is 2. The number of amides is 1. The largest absolute Gasteiger partial charge is 0.417 e. The fraction of sp³-hybridized carbons (Fsp3) is 0.262. The molecule has 1 fully saturated rings.